The number of methoxy groups -OCH3 is 1. The van der Waals surface area contributed by atoms with Crippen molar-refractivity contribution in [2.24, 2.45) is 0 Å². The van der Waals surface area contributed by atoms with Gasteiger partial charge in [-0.2, -0.15) is 5.10 Å². The lowest BCUT2D eigenvalue weighted by atomic mass is 10.0. The fraction of sp³-hybridized carbons (Fsp3) is 0.250. The van der Waals surface area contributed by atoms with Gasteiger partial charge in [-0.15, -0.1) is 0 Å². The molecule has 0 unspecified atom stereocenters. The molecule has 0 aliphatic heterocycles. The van der Waals surface area contributed by atoms with Gasteiger partial charge in [-0.05, 0) is 50.1 Å². The van der Waals surface area contributed by atoms with E-state index in [0.717, 1.165) is 33.9 Å². The molecule has 0 saturated heterocycles. The van der Waals surface area contributed by atoms with E-state index in [1.807, 2.05) is 29.8 Å². The number of ether oxygens (including phenoxy) is 1. The van der Waals surface area contributed by atoms with Gasteiger partial charge in [-0.3, -0.25) is 0 Å². The monoisotopic (exact) mass is 267 g/mol. The number of rotatable bonds is 2. The number of imidazole rings is 1. The van der Waals surface area contributed by atoms with Crippen molar-refractivity contribution in [1.82, 2.24) is 14.6 Å². The Morgan fingerprint density at radius 1 is 1.10 bits per heavy atom. The highest BCUT2D eigenvalue weighted by molar-refractivity contribution is 5.70. The Labute approximate surface area is 118 Å². The summed E-state index contributed by atoms with van der Waals surface area (Å²) in [5, 5.41) is 4.63. The van der Waals surface area contributed by atoms with E-state index < -0.39 is 0 Å². The van der Waals surface area contributed by atoms with E-state index in [1.165, 1.54) is 5.56 Å². The maximum Gasteiger partial charge on any atom is 0.153 e. The molecule has 0 spiro atoms. The number of fused-ring (bicyclic) bond motifs is 1. The minimum Gasteiger partial charge on any atom is -0.496 e. The predicted octanol–water partition coefficient (Wildman–Crippen LogP) is 3.33. The molecular weight excluding hydrogens is 250 g/mol. The van der Waals surface area contributed by atoms with E-state index in [2.05, 4.69) is 36.1 Å². The molecule has 0 amide bonds. The third kappa shape index (κ3) is 2.03. The zero-order valence-electron chi connectivity index (χ0n) is 12.1. The van der Waals surface area contributed by atoms with E-state index in [1.54, 1.807) is 7.11 Å². The summed E-state index contributed by atoms with van der Waals surface area (Å²) < 4.78 is 7.35. The number of hydrogen-bond donors (Lipinski definition) is 0. The maximum absolute atomic E-state index is 5.54. The summed E-state index contributed by atoms with van der Waals surface area (Å²) in [6.45, 7) is 6.09. The molecule has 0 aliphatic carbocycles. The highest BCUT2D eigenvalue weighted by Gasteiger charge is 2.12. The SMILES string of the molecule is COc1c(C)cc(C)cc1-c1ccc2nc(C)cn2n1. The first-order valence-electron chi connectivity index (χ1n) is 6.57. The zero-order valence-corrected chi connectivity index (χ0v) is 12.1. The van der Waals surface area contributed by atoms with Crippen molar-refractivity contribution in [3.63, 3.8) is 0 Å². The molecule has 4 heteroatoms. The largest absolute Gasteiger partial charge is 0.496 e. The first kappa shape index (κ1) is 12.7. The first-order chi connectivity index (χ1) is 9.58. The third-order valence-electron chi connectivity index (χ3n) is 3.34. The van der Waals surface area contributed by atoms with Crippen LogP contribution in [0.25, 0.3) is 16.9 Å². The van der Waals surface area contributed by atoms with Gasteiger partial charge in [0.15, 0.2) is 5.65 Å². The van der Waals surface area contributed by atoms with Gasteiger partial charge in [-0.25, -0.2) is 9.50 Å². The molecule has 0 radical (unpaired) electrons. The van der Waals surface area contributed by atoms with Gasteiger partial charge in [0.1, 0.15) is 5.75 Å². The van der Waals surface area contributed by atoms with Crippen molar-refractivity contribution in [3.05, 3.63) is 47.3 Å². The second kappa shape index (κ2) is 4.63. The second-order valence-corrected chi connectivity index (χ2v) is 5.07. The van der Waals surface area contributed by atoms with Crippen LogP contribution in [-0.4, -0.2) is 21.7 Å². The van der Waals surface area contributed by atoms with Crippen LogP contribution in [0.1, 0.15) is 16.8 Å². The molecule has 2 heterocycles. The van der Waals surface area contributed by atoms with Crippen molar-refractivity contribution < 1.29 is 4.74 Å². The second-order valence-electron chi connectivity index (χ2n) is 5.07. The minimum absolute atomic E-state index is 0.856. The van der Waals surface area contributed by atoms with E-state index in [-0.39, 0.29) is 0 Å². The molecule has 0 bridgehead atoms. The standard InChI is InChI=1S/C16H17N3O/c1-10-7-11(2)16(20-4)13(8-10)14-5-6-15-17-12(3)9-19(15)18-14/h5-9H,1-4H3. The lowest BCUT2D eigenvalue weighted by molar-refractivity contribution is 0.413. The quantitative estimate of drug-likeness (QED) is 0.715. The molecule has 4 nitrogen and oxygen atoms in total. The molecule has 2 aromatic heterocycles. The minimum atomic E-state index is 0.856. The van der Waals surface area contributed by atoms with Crippen molar-refractivity contribution in [2.75, 3.05) is 7.11 Å². The van der Waals surface area contributed by atoms with Crippen LogP contribution in [0, 0.1) is 20.8 Å². The Bertz CT molecular complexity index is 790. The van der Waals surface area contributed by atoms with Crippen LogP contribution in [0.15, 0.2) is 30.5 Å². The Morgan fingerprint density at radius 2 is 1.90 bits per heavy atom. The van der Waals surface area contributed by atoms with Crippen LogP contribution in [0.4, 0.5) is 0 Å². The first-order valence-corrected chi connectivity index (χ1v) is 6.57. The molecule has 102 valence electrons. The van der Waals surface area contributed by atoms with Crippen LogP contribution < -0.4 is 4.74 Å². The molecule has 0 atom stereocenters. The van der Waals surface area contributed by atoms with Gasteiger partial charge in [-0.1, -0.05) is 6.07 Å². The summed E-state index contributed by atoms with van der Waals surface area (Å²) in [5.74, 6) is 0.874. The van der Waals surface area contributed by atoms with Crippen LogP contribution in [0.2, 0.25) is 0 Å². The summed E-state index contributed by atoms with van der Waals surface area (Å²) in [7, 11) is 1.70. The summed E-state index contributed by atoms with van der Waals surface area (Å²) in [5.41, 5.74) is 6.03. The van der Waals surface area contributed by atoms with Gasteiger partial charge >= 0.3 is 0 Å². The van der Waals surface area contributed by atoms with Crippen LogP contribution in [-0.2, 0) is 0 Å². The van der Waals surface area contributed by atoms with Crippen molar-refractivity contribution in [1.29, 1.82) is 0 Å². The average molecular weight is 267 g/mol. The molecule has 0 saturated carbocycles. The molecule has 1 aromatic carbocycles. The Kier molecular flexibility index (Phi) is 2.93. The summed E-state index contributed by atoms with van der Waals surface area (Å²) in [6, 6.07) is 8.18. The van der Waals surface area contributed by atoms with Gasteiger partial charge < -0.3 is 4.74 Å². The maximum atomic E-state index is 5.54. The smallest absolute Gasteiger partial charge is 0.153 e. The van der Waals surface area contributed by atoms with E-state index >= 15 is 0 Å². The zero-order chi connectivity index (χ0) is 14.3. The summed E-state index contributed by atoms with van der Waals surface area (Å²) in [6.07, 6.45) is 1.92. The molecule has 3 rings (SSSR count). The number of hydrogen-bond acceptors (Lipinski definition) is 3. The molecule has 0 aliphatic rings. The lowest BCUT2D eigenvalue weighted by Crippen LogP contribution is -1.97. The number of aromatic nitrogens is 3. The average Bonchev–Trinajstić information content (AvgIpc) is 2.76. The number of nitrogens with zero attached hydrogens (tertiary/aromatic N) is 3. The molecule has 3 aromatic rings. The van der Waals surface area contributed by atoms with Gasteiger partial charge in [0.05, 0.1) is 24.7 Å². The van der Waals surface area contributed by atoms with E-state index in [9.17, 15) is 0 Å². The van der Waals surface area contributed by atoms with Gasteiger partial charge in [0, 0.05) is 5.56 Å². The predicted molar refractivity (Wildman–Crippen MR) is 79.2 cm³/mol. The van der Waals surface area contributed by atoms with E-state index in [0.29, 0.717) is 0 Å². The van der Waals surface area contributed by atoms with Crippen molar-refractivity contribution >= 4 is 5.65 Å². The van der Waals surface area contributed by atoms with Gasteiger partial charge in [0.2, 0.25) is 0 Å². The Morgan fingerprint density at radius 3 is 2.65 bits per heavy atom. The highest BCUT2D eigenvalue weighted by atomic mass is 16.5. The van der Waals surface area contributed by atoms with Crippen molar-refractivity contribution in [3.8, 4) is 17.0 Å². The summed E-state index contributed by atoms with van der Waals surface area (Å²) >= 11 is 0. The normalized spacial score (nSPS) is 11.0. The third-order valence-corrected chi connectivity index (χ3v) is 3.34. The Hall–Kier alpha value is -2.36. The van der Waals surface area contributed by atoms with Crippen LogP contribution in [0.3, 0.4) is 0 Å². The number of benzene rings is 1. The van der Waals surface area contributed by atoms with E-state index in [4.69, 9.17) is 4.74 Å². The molecule has 20 heavy (non-hydrogen) atoms. The number of aryl methyl sites for hydroxylation is 3. The highest BCUT2D eigenvalue weighted by Crippen LogP contribution is 2.32. The summed E-state index contributed by atoms with van der Waals surface area (Å²) in [4.78, 5) is 4.39. The van der Waals surface area contributed by atoms with Gasteiger partial charge in [0.25, 0.3) is 0 Å². The van der Waals surface area contributed by atoms with Crippen LogP contribution >= 0.6 is 0 Å². The Balaban J connectivity index is 2.24. The molecule has 0 fully saturated rings. The topological polar surface area (TPSA) is 39.4 Å². The van der Waals surface area contributed by atoms with Crippen molar-refractivity contribution in [2.45, 2.75) is 20.8 Å². The fourth-order valence-corrected chi connectivity index (χ4v) is 2.56. The lowest BCUT2D eigenvalue weighted by Gasteiger charge is -2.12. The van der Waals surface area contributed by atoms with Crippen LogP contribution in [0.5, 0.6) is 5.75 Å². The fourth-order valence-electron chi connectivity index (χ4n) is 2.56. The molecular formula is C16H17N3O. The molecule has 0 N–H and O–H groups in total.